The van der Waals surface area contributed by atoms with Crippen molar-refractivity contribution >= 4 is 0 Å². The lowest BCUT2D eigenvalue weighted by molar-refractivity contribution is 0.488. The third-order valence-corrected chi connectivity index (χ3v) is 2.91. The van der Waals surface area contributed by atoms with E-state index in [9.17, 15) is 0 Å². The molecule has 0 saturated carbocycles. The van der Waals surface area contributed by atoms with Crippen LogP contribution < -0.4 is 5.73 Å². The van der Waals surface area contributed by atoms with Crippen LogP contribution >= 0.6 is 0 Å². The maximum Gasteiger partial charge on any atom is 0.0952 e. The predicted molar refractivity (Wildman–Crippen MR) is 71.9 cm³/mol. The molecule has 2 aromatic heterocycles. The molecular weight excluding hydrogens is 224 g/mol. The maximum absolute atomic E-state index is 6.21. The molecule has 0 aromatic carbocycles. The average Bonchev–Trinajstić information content (AvgIpc) is 2.77. The standard InChI is InChI=1S/C14H20N4/c1-11(2)7-13(15)14-8-16-10-18(14)9-12-5-3-4-6-17-12/h3-6,8,10-11,13H,7,9,15H2,1-2H3. The molecule has 0 fully saturated rings. The lowest BCUT2D eigenvalue weighted by Gasteiger charge is -2.16. The summed E-state index contributed by atoms with van der Waals surface area (Å²) in [6, 6.07) is 5.96. The molecule has 18 heavy (non-hydrogen) atoms. The zero-order valence-corrected chi connectivity index (χ0v) is 11.0. The molecule has 0 radical (unpaired) electrons. The summed E-state index contributed by atoms with van der Waals surface area (Å²) in [7, 11) is 0. The van der Waals surface area contributed by atoms with Gasteiger partial charge in [0.05, 0.1) is 24.3 Å². The van der Waals surface area contributed by atoms with Gasteiger partial charge in [0, 0.05) is 18.4 Å². The van der Waals surface area contributed by atoms with Crippen LogP contribution in [0.1, 0.15) is 37.7 Å². The molecule has 2 rings (SSSR count). The Morgan fingerprint density at radius 2 is 2.17 bits per heavy atom. The molecule has 0 aliphatic carbocycles. The number of nitrogens with zero attached hydrogens (tertiary/aromatic N) is 3. The Morgan fingerprint density at radius 3 is 2.83 bits per heavy atom. The first kappa shape index (κ1) is 12.8. The second-order valence-electron chi connectivity index (χ2n) is 5.00. The summed E-state index contributed by atoms with van der Waals surface area (Å²) < 4.78 is 2.08. The van der Waals surface area contributed by atoms with E-state index in [1.165, 1.54) is 0 Å². The van der Waals surface area contributed by atoms with Gasteiger partial charge in [0.15, 0.2) is 0 Å². The number of hydrogen-bond donors (Lipinski definition) is 1. The van der Waals surface area contributed by atoms with Crippen LogP contribution in [-0.4, -0.2) is 14.5 Å². The second kappa shape index (κ2) is 5.78. The van der Waals surface area contributed by atoms with Crippen LogP contribution in [0.25, 0.3) is 0 Å². The van der Waals surface area contributed by atoms with Gasteiger partial charge in [-0.3, -0.25) is 4.98 Å². The first-order valence-corrected chi connectivity index (χ1v) is 6.32. The Balaban J connectivity index is 2.13. The number of aromatic nitrogens is 3. The van der Waals surface area contributed by atoms with Crippen molar-refractivity contribution in [2.45, 2.75) is 32.9 Å². The second-order valence-corrected chi connectivity index (χ2v) is 5.00. The number of pyridine rings is 1. The first-order valence-electron chi connectivity index (χ1n) is 6.32. The van der Waals surface area contributed by atoms with Gasteiger partial charge in [-0.25, -0.2) is 4.98 Å². The highest BCUT2D eigenvalue weighted by molar-refractivity contribution is 5.10. The number of imidazole rings is 1. The first-order chi connectivity index (χ1) is 8.66. The third-order valence-electron chi connectivity index (χ3n) is 2.91. The van der Waals surface area contributed by atoms with E-state index in [1.807, 2.05) is 30.7 Å². The third kappa shape index (κ3) is 3.17. The van der Waals surface area contributed by atoms with Crippen LogP contribution in [-0.2, 0) is 6.54 Å². The lowest BCUT2D eigenvalue weighted by Crippen LogP contribution is -2.17. The number of nitrogens with two attached hydrogens (primary N) is 1. The van der Waals surface area contributed by atoms with Gasteiger partial charge in [-0.2, -0.15) is 0 Å². The van der Waals surface area contributed by atoms with Gasteiger partial charge in [-0.05, 0) is 24.5 Å². The summed E-state index contributed by atoms with van der Waals surface area (Å²) in [5, 5.41) is 0. The summed E-state index contributed by atoms with van der Waals surface area (Å²) >= 11 is 0. The zero-order valence-electron chi connectivity index (χ0n) is 11.0. The molecule has 0 saturated heterocycles. The summed E-state index contributed by atoms with van der Waals surface area (Å²) in [5.41, 5.74) is 8.31. The van der Waals surface area contributed by atoms with Gasteiger partial charge < -0.3 is 10.3 Å². The highest BCUT2D eigenvalue weighted by Gasteiger charge is 2.13. The highest BCUT2D eigenvalue weighted by Crippen LogP contribution is 2.18. The monoisotopic (exact) mass is 244 g/mol. The average molecular weight is 244 g/mol. The van der Waals surface area contributed by atoms with Crippen LogP contribution in [0, 0.1) is 5.92 Å². The molecule has 0 aliphatic heterocycles. The van der Waals surface area contributed by atoms with Crippen molar-refractivity contribution in [1.29, 1.82) is 0 Å². The Labute approximate surface area is 108 Å². The molecule has 2 N–H and O–H groups in total. The van der Waals surface area contributed by atoms with Crippen molar-refractivity contribution in [3.8, 4) is 0 Å². The van der Waals surface area contributed by atoms with Crippen LogP contribution in [0.2, 0.25) is 0 Å². The van der Waals surface area contributed by atoms with E-state index in [0.717, 1.165) is 24.4 Å². The minimum atomic E-state index is 0.0382. The van der Waals surface area contributed by atoms with Gasteiger partial charge >= 0.3 is 0 Å². The quantitative estimate of drug-likeness (QED) is 0.878. The van der Waals surface area contributed by atoms with E-state index < -0.39 is 0 Å². The van der Waals surface area contributed by atoms with E-state index in [4.69, 9.17) is 5.73 Å². The molecule has 2 aromatic rings. The van der Waals surface area contributed by atoms with E-state index in [1.54, 1.807) is 6.20 Å². The number of hydrogen-bond acceptors (Lipinski definition) is 3. The molecule has 0 spiro atoms. The minimum absolute atomic E-state index is 0.0382. The largest absolute Gasteiger partial charge is 0.327 e. The summed E-state index contributed by atoms with van der Waals surface area (Å²) in [5.74, 6) is 0.582. The van der Waals surface area contributed by atoms with Gasteiger partial charge in [-0.15, -0.1) is 0 Å². The van der Waals surface area contributed by atoms with Gasteiger partial charge in [0.25, 0.3) is 0 Å². The van der Waals surface area contributed by atoms with Crippen molar-refractivity contribution in [3.63, 3.8) is 0 Å². The topological polar surface area (TPSA) is 56.7 Å². The normalized spacial score (nSPS) is 12.9. The number of rotatable bonds is 5. The summed E-state index contributed by atoms with van der Waals surface area (Å²) in [6.07, 6.45) is 6.45. The zero-order chi connectivity index (χ0) is 13.0. The fourth-order valence-electron chi connectivity index (χ4n) is 2.07. The van der Waals surface area contributed by atoms with Gasteiger partial charge in [-0.1, -0.05) is 19.9 Å². The van der Waals surface area contributed by atoms with Crippen LogP contribution in [0.5, 0.6) is 0 Å². The molecule has 2 heterocycles. The SMILES string of the molecule is CC(C)CC(N)c1cncn1Cc1ccccn1. The smallest absolute Gasteiger partial charge is 0.0952 e. The predicted octanol–water partition coefficient (Wildman–Crippen LogP) is 2.37. The molecule has 4 nitrogen and oxygen atoms in total. The van der Waals surface area contributed by atoms with Crippen molar-refractivity contribution in [3.05, 3.63) is 48.3 Å². The fourth-order valence-corrected chi connectivity index (χ4v) is 2.07. The van der Waals surface area contributed by atoms with E-state index in [2.05, 4.69) is 28.4 Å². The molecule has 1 unspecified atom stereocenters. The lowest BCUT2D eigenvalue weighted by atomic mass is 10.0. The summed E-state index contributed by atoms with van der Waals surface area (Å²) in [4.78, 5) is 8.53. The molecule has 0 aliphatic rings. The molecule has 1 atom stereocenters. The van der Waals surface area contributed by atoms with E-state index in [0.29, 0.717) is 5.92 Å². The van der Waals surface area contributed by atoms with Gasteiger partial charge in [0.2, 0.25) is 0 Å². The Hall–Kier alpha value is -1.68. The highest BCUT2D eigenvalue weighted by atomic mass is 15.1. The molecule has 0 amide bonds. The van der Waals surface area contributed by atoms with Crippen LogP contribution in [0.15, 0.2) is 36.9 Å². The van der Waals surface area contributed by atoms with Gasteiger partial charge in [0.1, 0.15) is 0 Å². The maximum atomic E-state index is 6.21. The van der Waals surface area contributed by atoms with Crippen molar-refractivity contribution < 1.29 is 0 Å². The Morgan fingerprint density at radius 1 is 1.33 bits per heavy atom. The van der Waals surface area contributed by atoms with Crippen LogP contribution in [0.4, 0.5) is 0 Å². The minimum Gasteiger partial charge on any atom is -0.327 e. The van der Waals surface area contributed by atoms with Crippen LogP contribution in [0.3, 0.4) is 0 Å². The van der Waals surface area contributed by atoms with Crippen molar-refractivity contribution in [1.82, 2.24) is 14.5 Å². The van der Waals surface area contributed by atoms with Crippen molar-refractivity contribution in [2.24, 2.45) is 11.7 Å². The Kier molecular flexibility index (Phi) is 4.10. The molecule has 0 bridgehead atoms. The molecular formula is C14H20N4. The molecule has 96 valence electrons. The fraction of sp³-hybridized carbons (Fsp3) is 0.429. The Bertz CT molecular complexity index is 476. The van der Waals surface area contributed by atoms with E-state index >= 15 is 0 Å². The van der Waals surface area contributed by atoms with E-state index in [-0.39, 0.29) is 6.04 Å². The van der Waals surface area contributed by atoms with Crippen molar-refractivity contribution in [2.75, 3.05) is 0 Å². The molecule has 4 heteroatoms. The summed E-state index contributed by atoms with van der Waals surface area (Å²) in [6.45, 7) is 5.08.